The zero-order valence-corrected chi connectivity index (χ0v) is 13.4. The third kappa shape index (κ3) is 3.26. The number of rotatable bonds is 3. The number of thioether (sulfide) groups is 1. The molecule has 0 atom stereocenters. The molecule has 22 heavy (non-hydrogen) atoms. The fraction of sp³-hybridized carbons (Fsp3) is 0.267. The van der Waals surface area contributed by atoms with Gasteiger partial charge in [0, 0.05) is 42.7 Å². The summed E-state index contributed by atoms with van der Waals surface area (Å²) >= 11 is 8.38. The van der Waals surface area contributed by atoms with Crippen LogP contribution in [0, 0.1) is 11.3 Å². The van der Waals surface area contributed by atoms with Crippen molar-refractivity contribution in [3.8, 4) is 6.07 Å². The van der Waals surface area contributed by atoms with Crippen LogP contribution in [-0.2, 0) is 0 Å². The molecule has 0 bridgehead atoms. The molecule has 1 saturated heterocycles. The number of halogens is 1. The molecule has 3 rings (SSSR count). The van der Waals surface area contributed by atoms with Crippen LogP contribution in [-0.4, -0.2) is 34.6 Å². The molecule has 0 saturated carbocycles. The minimum absolute atomic E-state index is 0.260. The lowest BCUT2D eigenvalue weighted by molar-refractivity contribution is 0.859. The summed E-state index contributed by atoms with van der Waals surface area (Å²) in [7, 11) is 0. The first-order valence-electron chi connectivity index (χ1n) is 6.88. The molecule has 2 heterocycles. The lowest BCUT2D eigenvalue weighted by Gasteiger charge is -2.29. The van der Waals surface area contributed by atoms with Gasteiger partial charge in [-0.2, -0.15) is 17.0 Å². The van der Waals surface area contributed by atoms with Crippen LogP contribution in [0.4, 0.5) is 17.2 Å². The molecule has 7 heteroatoms. The quantitative estimate of drug-likeness (QED) is 0.931. The third-order valence-corrected chi connectivity index (χ3v) is 4.61. The van der Waals surface area contributed by atoms with Gasteiger partial charge in [0.15, 0.2) is 11.5 Å². The van der Waals surface area contributed by atoms with Crippen molar-refractivity contribution in [3.05, 3.63) is 41.3 Å². The average Bonchev–Trinajstić information content (AvgIpc) is 2.56. The van der Waals surface area contributed by atoms with Gasteiger partial charge in [-0.3, -0.25) is 0 Å². The van der Waals surface area contributed by atoms with Gasteiger partial charge < -0.3 is 10.2 Å². The fourth-order valence-corrected chi connectivity index (χ4v) is 3.50. The molecule has 0 radical (unpaired) electrons. The van der Waals surface area contributed by atoms with Crippen LogP contribution < -0.4 is 10.2 Å². The molecule has 0 amide bonds. The second-order valence-corrected chi connectivity index (χ2v) is 6.39. The summed E-state index contributed by atoms with van der Waals surface area (Å²) in [6, 6.07) is 7.82. The normalized spacial score (nSPS) is 14.5. The second-order valence-electron chi connectivity index (χ2n) is 4.76. The standard InChI is InChI=1S/C15H14ClN5S/c16-12-9-11(20-15-13(10-17)18-3-4-19-15)1-2-14(12)21-5-7-22-8-6-21/h1-4,9H,5-8H2,(H,19,20). The van der Waals surface area contributed by atoms with Crippen LogP contribution in [0.1, 0.15) is 5.69 Å². The van der Waals surface area contributed by atoms with Crippen LogP contribution in [0.15, 0.2) is 30.6 Å². The van der Waals surface area contributed by atoms with E-state index in [4.69, 9.17) is 16.9 Å². The molecule has 1 N–H and O–H groups in total. The summed E-state index contributed by atoms with van der Waals surface area (Å²) < 4.78 is 0. The van der Waals surface area contributed by atoms with E-state index in [0.717, 1.165) is 36.0 Å². The van der Waals surface area contributed by atoms with Gasteiger partial charge in [-0.15, -0.1) is 0 Å². The van der Waals surface area contributed by atoms with Crippen LogP contribution in [0.5, 0.6) is 0 Å². The van der Waals surface area contributed by atoms with E-state index in [-0.39, 0.29) is 5.69 Å². The van der Waals surface area contributed by atoms with Crippen molar-refractivity contribution in [1.29, 1.82) is 5.26 Å². The van der Waals surface area contributed by atoms with E-state index in [2.05, 4.69) is 20.2 Å². The van der Waals surface area contributed by atoms with Gasteiger partial charge in [-0.1, -0.05) is 11.6 Å². The maximum Gasteiger partial charge on any atom is 0.183 e. The molecule has 0 aliphatic carbocycles. The first kappa shape index (κ1) is 14.9. The number of nitriles is 1. The number of hydrogen-bond donors (Lipinski definition) is 1. The molecule has 1 aliphatic rings. The van der Waals surface area contributed by atoms with E-state index in [1.165, 1.54) is 6.20 Å². The van der Waals surface area contributed by atoms with Crippen LogP contribution in [0.2, 0.25) is 5.02 Å². The predicted molar refractivity (Wildman–Crippen MR) is 91.0 cm³/mol. The smallest absolute Gasteiger partial charge is 0.183 e. The van der Waals surface area contributed by atoms with Crippen molar-refractivity contribution in [3.63, 3.8) is 0 Å². The topological polar surface area (TPSA) is 64.8 Å². The Hall–Kier alpha value is -1.97. The highest BCUT2D eigenvalue weighted by Crippen LogP contribution is 2.31. The average molecular weight is 332 g/mol. The van der Waals surface area contributed by atoms with Crippen molar-refractivity contribution < 1.29 is 0 Å². The Morgan fingerprint density at radius 3 is 2.73 bits per heavy atom. The Morgan fingerprint density at radius 2 is 2.00 bits per heavy atom. The van der Waals surface area contributed by atoms with Gasteiger partial charge in [0.2, 0.25) is 0 Å². The molecule has 0 spiro atoms. The van der Waals surface area contributed by atoms with E-state index in [9.17, 15) is 0 Å². The van der Waals surface area contributed by atoms with Crippen LogP contribution >= 0.6 is 23.4 Å². The SMILES string of the molecule is N#Cc1nccnc1Nc1ccc(N2CCSCC2)c(Cl)c1. The lowest BCUT2D eigenvalue weighted by Crippen LogP contribution is -2.32. The summed E-state index contributed by atoms with van der Waals surface area (Å²) in [5.41, 5.74) is 2.10. The molecule has 1 fully saturated rings. The van der Waals surface area contributed by atoms with Crippen molar-refractivity contribution in [2.24, 2.45) is 0 Å². The molecule has 112 valence electrons. The van der Waals surface area contributed by atoms with Gasteiger partial charge in [0.1, 0.15) is 6.07 Å². The molecule has 1 aliphatic heterocycles. The number of nitrogens with one attached hydrogen (secondary N) is 1. The van der Waals surface area contributed by atoms with E-state index >= 15 is 0 Å². The number of nitrogens with zero attached hydrogens (tertiary/aromatic N) is 4. The molecule has 0 unspecified atom stereocenters. The molecule has 5 nitrogen and oxygen atoms in total. The van der Waals surface area contributed by atoms with Gasteiger partial charge in [0.05, 0.1) is 10.7 Å². The molecular formula is C15H14ClN5S. The Kier molecular flexibility index (Phi) is 4.66. The summed E-state index contributed by atoms with van der Waals surface area (Å²) in [6.07, 6.45) is 3.04. The number of anilines is 3. The Balaban J connectivity index is 1.81. The van der Waals surface area contributed by atoms with Crippen molar-refractivity contribution in [1.82, 2.24) is 9.97 Å². The highest BCUT2D eigenvalue weighted by molar-refractivity contribution is 7.99. The van der Waals surface area contributed by atoms with Crippen molar-refractivity contribution in [2.75, 3.05) is 34.8 Å². The largest absolute Gasteiger partial charge is 0.369 e. The van der Waals surface area contributed by atoms with Crippen molar-refractivity contribution >= 4 is 40.6 Å². The fourth-order valence-electron chi connectivity index (χ4n) is 2.29. The maximum absolute atomic E-state index is 9.04. The van der Waals surface area contributed by atoms with E-state index in [1.54, 1.807) is 6.20 Å². The highest BCUT2D eigenvalue weighted by Gasteiger charge is 2.14. The lowest BCUT2D eigenvalue weighted by atomic mass is 10.2. The third-order valence-electron chi connectivity index (χ3n) is 3.37. The first-order valence-corrected chi connectivity index (χ1v) is 8.41. The van der Waals surface area contributed by atoms with Gasteiger partial charge in [0.25, 0.3) is 0 Å². The Labute approximate surface area is 138 Å². The number of hydrogen-bond acceptors (Lipinski definition) is 6. The minimum atomic E-state index is 0.260. The zero-order chi connectivity index (χ0) is 15.4. The summed E-state index contributed by atoms with van der Waals surface area (Å²) in [4.78, 5) is 10.4. The molecule has 1 aromatic carbocycles. The van der Waals surface area contributed by atoms with Gasteiger partial charge >= 0.3 is 0 Å². The van der Waals surface area contributed by atoms with Gasteiger partial charge in [-0.05, 0) is 18.2 Å². The monoisotopic (exact) mass is 331 g/mol. The summed E-state index contributed by atoms with van der Waals surface area (Å²) in [6.45, 7) is 2.03. The minimum Gasteiger partial charge on any atom is -0.369 e. The van der Waals surface area contributed by atoms with Crippen LogP contribution in [0.25, 0.3) is 0 Å². The predicted octanol–water partition coefficient (Wildman–Crippen LogP) is 3.30. The van der Waals surface area contributed by atoms with Crippen molar-refractivity contribution in [2.45, 2.75) is 0 Å². The zero-order valence-electron chi connectivity index (χ0n) is 11.8. The number of aromatic nitrogens is 2. The summed E-state index contributed by atoms with van der Waals surface area (Å²) in [5, 5.41) is 12.8. The van der Waals surface area contributed by atoms with Gasteiger partial charge in [-0.25, -0.2) is 9.97 Å². The summed E-state index contributed by atoms with van der Waals surface area (Å²) in [5.74, 6) is 2.69. The second kappa shape index (κ2) is 6.86. The highest BCUT2D eigenvalue weighted by atomic mass is 35.5. The molecular weight excluding hydrogens is 318 g/mol. The Bertz CT molecular complexity index is 709. The Morgan fingerprint density at radius 1 is 1.23 bits per heavy atom. The maximum atomic E-state index is 9.04. The first-order chi connectivity index (χ1) is 10.8. The van der Waals surface area contributed by atoms with E-state index in [1.807, 2.05) is 36.0 Å². The van der Waals surface area contributed by atoms with E-state index < -0.39 is 0 Å². The molecule has 2 aromatic rings. The van der Waals surface area contributed by atoms with Crippen LogP contribution in [0.3, 0.4) is 0 Å². The van der Waals surface area contributed by atoms with E-state index in [0.29, 0.717) is 10.8 Å². The molecule has 1 aromatic heterocycles. The number of benzene rings is 1.